The van der Waals surface area contributed by atoms with Gasteiger partial charge in [-0.15, -0.1) is 23.2 Å². The van der Waals surface area contributed by atoms with Crippen LogP contribution in [0.1, 0.15) is 27.4 Å². The molecule has 3 aromatic rings. The molecule has 1 saturated carbocycles. The molecule has 180 valence electrons. The summed E-state index contributed by atoms with van der Waals surface area (Å²) in [5.74, 6) is -1.99. The minimum atomic E-state index is -1.31. The molecule has 2 amide bonds. The van der Waals surface area contributed by atoms with Gasteiger partial charge in [-0.1, -0.05) is 34.8 Å². The van der Waals surface area contributed by atoms with Crippen LogP contribution in [0, 0.1) is 5.92 Å². The number of carbonyl (C=O) groups excluding carboxylic acids is 2. The molecular formula is C25H18Cl5N3O2. The van der Waals surface area contributed by atoms with Crippen molar-refractivity contribution >= 4 is 86.9 Å². The lowest BCUT2D eigenvalue weighted by Crippen LogP contribution is -2.18. The molecule has 1 fully saturated rings. The van der Waals surface area contributed by atoms with Crippen molar-refractivity contribution in [2.45, 2.75) is 16.7 Å². The standard InChI is InChI=1S/C25H18Cl5N3O2/c26-14-7-13(8-15(27)10-14)21-22(25(21,29)30)24(35)33-17-1-3-19(28)18(11-17)23(34)32-16-2-4-20-12(9-16)5-6-31-20/h1-4,7-11,21-22,31H,5-6H2,(H,32,34)(H,33,35). The number of alkyl halides is 2. The first-order valence-electron chi connectivity index (χ1n) is 10.8. The maximum absolute atomic E-state index is 13.0. The van der Waals surface area contributed by atoms with Crippen molar-refractivity contribution in [2.75, 3.05) is 22.5 Å². The Hall–Kier alpha value is -2.15. The summed E-state index contributed by atoms with van der Waals surface area (Å²) in [5.41, 5.74) is 4.16. The Morgan fingerprint density at radius 1 is 0.886 bits per heavy atom. The smallest absolute Gasteiger partial charge is 0.257 e. The van der Waals surface area contributed by atoms with E-state index < -0.39 is 22.1 Å². The van der Waals surface area contributed by atoms with E-state index in [2.05, 4.69) is 16.0 Å². The number of hydrogen-bond acceptors (Lipinski definition) is 3. The van der Waals surface area contributed by atoms with Crippen LogP contribution in [0.4, 0.5) is 17.1 Å². The second kappa shape index (κ2) is 9.38. The molecule has 3 N–H and O–H groups in total. The molecule has 2 aliphatic rings. The number of carbonyl (C=O) groups is 2. The topological polar surface area (TPSA) is 70.2 Å². The second-order valence-corrected chi connectivity index (χ2v) is 11.2. The molecular weight excluding hydrogens is 552 g/mol. The number of hydrogen-bond donors (Lipinski definition) is 3. The Kier molecular flexibility index (Phi) is 6.58. The molecule has 0 spiro atoms. The van der Waals surface area contributed by atoms with Gasteiger partial charge in [0.25, 0.3) is 5.91 Å². The van der Waals surface area contributed by atoms with Gasteiger partial charge in [-0.3, -0.25) is 9.59 Å². The third-order valence-electron chi connectivity index (χ3n) is 6.13. The van der Waals surface area contributed by atoms with Crippen LogP contribution in [-0.2, 0) is 11.2 Å². The minimum Gasteiger partial charge on any atom is -0.384 e. The van der Waals surface area contributed by atoms with E-state index in [4.69, 9.17) is 58.0 Å². The second-order valence-electron chi connectivity index (χ2n) is 8.52. The van der Waals surface area contributed by atoms with Crippen molar-refractivity contribution in [1.82, 2.24) is 0 Å². The summed E-state index contributed by atoms with van der Waals surface area (Å²) in [6.45, 7) is 0.873. The molecule has 1 aliphatic heterocycles. The largest absolute Gasteiger partial charge is 0.384 e. The highest BCUT2D eigenvalue weighted by Crippen LogP contribution is 2.65. The number of rotatable bonds is 5. The fourth-order valence-electron chi connectivity index (χ4n) is 4.40. The van der Waals surface area contributed by atoms with E-state index in [0.717, 1.165) is 24.2 Å². The number of halogens is 5. The van der Waals surface area contributed by atoms with Gasteiger partial charge in [0.15, 0.2) is 0 Å². The molecule has 10 heteroatoms. The van der Waals surface area contributed by atoms with Crippen LogP contribution in [0.5, 0.6) is 0 Å². The minimum absolute atomic E-state index is 0.222. The van der Waals surface area contributed by atoms with Crippen LogP contribution < -0.4 is 16.0 Å². The lowest BCUT2D eigenvalue weighted by Gasteiger charge is -2.11. The molecule has 1 aliphatic carbocycles. The Balaban J connectivity index is 1.31. The van der Waals surface area contributed by atoms with Gasteiger partial charge in [-0.25, -0.2) is 0 Å². The number of nitrogens with one attached hydrogen (secondary N) is 3. The maximum atomic E-state index is 13.0. The zero-order chi connectivity index (χ0) is 24.9. The summed E-state index contributed by atoms with van der Waals surface area (Å²) in [4.78, 5) is 26.0. The predicted molar refractivity (Wildman–Crippen MR) is 144 cm³/mol. The lowest BCUT2D eigenvalue weighted by atomic mass is 10.1. The first-order chi connectivity index (χ1) is 16.6. The van der Waals surface area contributed by atoms with Crippen LogP contribution in [0.15, 0.2) is 54.6 Å². The molecule has 5 nitrogen and oxygen atoms in total. The Labute approximate surface area is 227 Å². The van der Waals surface area contributed by atoms with Crippen molar-refractivity contribution < 1.29 is 9.59 Å². The highest BCUT2D eigenvalue weighted by Gasteiger charge is 2.67. The first-order valence-corrected chi connectivity index (χ1v) is 12.6. The van der Waals surface area contributed by atoms with Crippen molar-refractivity contribution in [3.8, 4) is 0 Å². The van der Waals surface area contributed by atoms with Crippen LogP contribution in [0.2, 0.25) is 15.1 Å². The molecule has 0 saturated heterocycles. The van der Waals surface area contributed by atoms with Gasteiger partial charge in [0.05, 0.1) is 16.5 Å². The highest BCUT2D eigenvalue weighted by molar-refractivity contribution is 6.53. The molecule has 35 heavy (non-hydrogen) atoms. The van der Waals surface area contributed by atoms with Gasteiger partial charge in [-0.05, 0) is 72.1 Å². The van der Waals surface area contributed by atoms with Gasteiger partial charge in [-0.2, -0.15) is 0 Å². The van der Waals surface area contributed by atoms with E-state index in [-0.39, 0.29) is 16.5 Å². The van der Waals surface area contributed by atoms with Crippen LogP contribution in [0.25, 0.3) is 0 Å². The van der Waals surface area contributed by atoms with E-state index in [1.165, 1.54) is 6.07 Å². The van der Waals surface area contributed by atoms with Gasteiger partial charge in [0.2, 0.25) is 5.91 Å². The van der Waals surface area contributed by atoms with E-state index in [0.29, 0.717) is 27.0 Å². The zero-order valence-corrected chi connectivity index (χ0v) is 21.8. The molecule has 1 heterocycles. The molecule has 0 aromatic heterocycles. The SMILES string of the molecule is O=C(Nc1ccc2c(c1)CCN2)c1cc(NC(=O)C2C(c3cc(Cl)cc(Cl)c3)C2(Cl)Cl)ccc1Cl. The number of benzene rings is 3. The third-order valence-corrected chi connectivity index (χ3v) is 7.84. The van der Waals surface area contributed by atoms with E-state index in [9.17, 15) is 9.59 Å². The Morgan fingerprint density at radius 3 is 2.31 bits per heavy atom. The van der Waals surface area contributed by atoms with Gasteiger partial charge >= 0.3 is 0 Å². The number of amides is 2. The molecule has 0 radical (unpaired) electrons. The Bertz CT molecular complexity index is 1340. The summed E-state index contributed by atoms with van der Waals surface area (Å²) in [6, 6.07) is 15.3. The zero-order valence-electron chi connectivity index (χ0n) is 18.0. The highest BCUT2D eigenvalue weighted by atomic mass is 35.5. The van der Waals surface area contributed by atoms with Gasteiger partial charge in [0.1, 0.15) is 4.33 Å². The molecule has 0 bridgehead atoms. The van der Waals surface area contributed by atoms with Crippen molar-refractivity contribution in [2.24, 2.45) is 5.92 Å². The van der Waals surface area contributed by atoms with Crippen molar-refractivity contribution in [3.63, 3.8) is 0 Å². The normalized spacial score (nSPS) is 19.5. The molecule has 2 unspecified atom stereocenters. The summed E-state index contributed by atoms with van der Waals surface area (Å²) in [6.07, 6.45) is 0.896. The maximum Gasteiger partial charge on any atom is 0.257 e. The van der Waals surface area contributed by atoms with Crippen LogP contribution >= 0.6 is 58.0 Å². The lowest BCUT2D eigenvalue weighted by molar-refractivity contribution is -0.117. The quantitative estimate of drug-likeness (QED) is 0.281. The van der Waals surface area contributed by atoms with Gasteiger partial charge in [0, 0.05) is 39.6 Å². The van der Waals surface area contributed by atoms with Gasteiger partial charge < -0.3 is 16.0 Å². The van der Waals surface area contributed by atoms with Crippen molar-refractivity contribution in [1.29, 1.82) is 0 Å². The molecule has 5 rings (SSSR count). The fraction of sp³-hybridized carbons (Fsp3) is 0.200. The van der Waals surface area contributed by atoms with E-state index in [1.54, 1.807) is 30.3 Å². The number of fused-ring (bicyclic) bond motifs is 1. The monoisotopic (exact) mass is 567 g/mol. The summed E-state index contributed by atoms with van der Waals surface area (Å²) in [7, 11) is 0. The van der Waals surface area contributed by atoms with Crippen molar-refractivity contribution in [3.05, 3.63) is 86.4 Å². The number of anilines is 3. The van der Waals surface area contributed by atoms with E-state index >= 15 is 0 Å². The Morgan fingerprint density at radius 2 is 1.57 bits per heavy atom. The predicted octanol–water partition coefficient (Wildman–Crippen LogP) is 7.39. The molecule has 3 aromatic carbocycles. The van der Waals surface area contributed by atoms with Crippen LogP contribution in [0.3, 0.4) is 0 Å². The average Bonchev–Trinajstić information content (AvgIpc) is 3.11. The summed E-state index contributed by atoms with van der Waals surface area (Å²) in [5, 5.41) is 10.0. The third kappa shape index (κ3) is 4.93. The van der Waals surface area contributed by atoms with E-state index in [1.807, 2.05) is 18.2 Å². The fourth-order valence-corrected chi connectivity index (χ4v) is 5.97. The summed E-state index contributed by atoms with van der Waals surface area (Å²) >= 11 is 31.4. The summed E-state index contributed by atoms with van der Waals surface area (Å²) < 4.78 is -1.31. The first kappa shape index (κ1) is 24.5. The molecule has 2 atom stereocenters. The average molecular weight is 570 g/mol. The van der Waals surface area contributed by atoms with Crippen LogP contribution in [-0.4, -0.2) is 22.7 Å².